The number of carboxylic acids is 1. The van der Waals surface area contributed by atoms with E-state index in [-0.39, 0.29) is 5.91 Å². The van der Waals surface area contributed by atoms with E-state index in [1.54, 1.807) is 5.38 Å². The molecule has 2 fully saturated rings. The summed E-state index contributed by atoms with van der Waals surface area (Å²) in [5.41, 5.74) is 0.399. The number of carbonyl (C=O) groups excluding carboxylic acids is 1. The molecule has 0 bridgehead atoms. The first kappa shape index (κ1) is 14.5. The molecule has 1 saturated heterocycles. The molecule has 1 aliphatic carbocycles. The molecule has 2 aliphatic rings. The van der Waals surface area contributed by atoms with Crippen LogP contribution in [0.3, 0.4) is 0 Å². The van der Waals surface area contributed by atoms with Gasteiger partial charge in [-0.3, -0.25) is 9.59 Å². The second-order valence-corrected chi connectivity index (χ2v) is 6.45. The Kier molecular flexibility index (Phi) is 4.21. The molecule has 1 aromatic rings. The lowest BCUT2D eigenvalue weighted by Crippen LogP contribution is -2.43. The van der Waals surface area contributed by atoms with Crippen LogP contribution in [-0.4, -0.2) is 41.2 Å². The Balaban J connectivity index is 1.67. The molecular formula is C14H18N2O4S. The van der Waals surface area contributed by atoms with Crippen LogP contribution in [0, 0.1) is 5.92 Å². The molecule has 2 N–H and O–H groups in total. The molecule has 1 amide bonds. The summed E-state index contributed by atoms with van der Waals surface area (Å²) in [5, 5.41) is 14.9. The number of carboxylic acid groups (broad SMARTS) is 1. The predicted octanol–water partition coefficient (Wildman–Crippen LogP) is 1.63. The van der Waals surface area contributed by atoms with Crippen molar-refractivity contribution in [2.24, 2.45) is 5.92 Å². The number of amides is 1. The number of nitrogens with one attached hydrogen (secondary N) is 1. The van der Waals surface area contributed by atoms with Crippen LogP contribution in [-0.2, 0) is 9.53 Å². The minimum atomic E-state index is -0.886. The van der Waals surface area contributed by atoms with Crippen LogP contribution in [0.15, 0.2) is 5.38 Å². The van der Waals surface area contributed by atoms with Crippen molar-refractivity contribution < 1.29 is 19.4 Å². The maximum absolute atomic E-state index is 12.2. The standard InChI is InChI=1S/C14H18N2O4S/c17-12(11-7-21-13(16-11)8-1-2-8)15-10-4-6-20-5-3-9(10)14(18)19/h7-10H,1-6H2,(H,15,17)(H,18,19)/t9-,10-/m1/s1. The van der Waals surface area contributed by atoms with E-state index in [1.807, 2.05) is 0 Å². The number of carbonyl (C=O) groups is 2. The molecule has 2 heterocycles. The van der Waals surface area contributed by atoms with E-state index >= 15 is 0 Å². The van der Waals surface area contributed by atoms with Crippen molar-refractivity contribution in [3.05, 3.63) is 16.1 Å². The molecule has 0 unspecified atom stereocenters. The molecule has 0 spiro atoms. The fourth-order valence-corrected chi connectivity index (χ4v) is 3.52. The number of hydrogen-bond donors (Lipinski definition) is 2. The zero-order valence-corrected chi connectivity index (χ0v) is 12.4. The third-order valence-corrected chi connectivity index (χ3v) is 4.95. The van der Waals surface area contributed by atoms with E-state index in [9.17, 15) is 14.7 Å². The number of nitrogens with zero attached hydrogens (tertiary/aromatic N) is 1. The van der Waals surface area contributed by atoms with E-state index in [1.165, 1.54) is 11.3 Å². The lowest BCUT2D eigenvalue weighted by molar-refractivity contribution is -0.142. The van der Waals surface area contributed by atoms with E-state index in [4.69, 9.17) is 4.74 Å². The average molecular weight is 310 g/mol. The highest BCUT2D eigenvalue weighted by Crippen LogP contribution is 2.41. The van der Waals surface area contributed by atoms with Crippen molar-refractivity contribution >= 4 is 23.2 Å². The second kappa shape index (κ2) is 6.11. The molecule has 1 aliphatic heterocycles. The highest BCUT2D eigenvalue weighted by molar-refractivity contribution is 7.10. The third kappa shape index (κ3) is 3.41. The van der Waals surface area contributed by atoms with Crippen LogP contribution in [0.25, 0.3) is 0 Å². The number of thiazole rings is 1. The topological polar surface area (TPSA) is 88.5 Å². The summed E-state index contributed by atoms with van der Waals surface area (Å²) in [6.45, 7) is 0.894. The molecule has 6 nitrogen and oxygen atoms in total. The summed E-state index contributed by atoms with van der Waals surface area (Å²) in [6.07, 6.45) is 3.23. The van der Waals surface area contributed by atoms with Crippen LogP contribution < -0.4 is 5.32 Å². The molecule has 1 saturated carbocycles. The number of aromatic nitrogens is 1. The Morgan fingerprint density at radius 2 is 2.05 bits per heavy atom. The third-order valence-electron chi connectivity index (χ3n) is 3.95. The van der Waals surface area contributed by atoms with Crippen LogP contribution in [0.5, 0.6) is 0 Å². The highest BCUT2D eigenvalue weighted by atomic mass is 32.1. The van der Waals surface area contributed by atoms with Crippen LogP contribution in [0.2, 0.25) is 0 Å². The molecule has 2 atom stereocenters. The van der Waals surface area contributed by atoms with Gasteiger partial charge in [-0.05, 0) is 25.7 Å². The lowest BCUT2D eigenvalue weighted by Gasteiger charge is -2.21. The average Bonchev–Trinajstić information content (AvgIpc) is 3.22. The molecule has 1 aromatic heterocycles. The zero-order valence-electron chi connectivity index (χ0n) is 11.6. The molecule has 114 valence electrons. The zero-order chi connectivity index (χ0) is 14.8. The van der Waals surface area contributed by atoms with Crippen molar-refractivity contribution in [1.82, 2.24) is 10.3 Å². The predicted molar refractivity (Wildman–Crippen MR) is 76.5 cm³/mol. The summed E-state index contributed by atoms with van der Waals surface area (Å²) in [7, 11) is 0. The normalized spacial score (nSPS) is 26.1. The Bertz CT molecular complexity index is 541. The van der Waals surface area contributed by atoms with Gasteiger partial charge in [0.25, 0.3) is 5.91 Å². The maximum atomic E-state index is 12.2. The first-order chi connectivity index (χ1) is 10.1. The Hall–Kier alpha value is -1.47. The molecule has 3 rings (SSSR count). The van der Waals surface area contributed by atoms with E-state index < -0.39 is 17.9 Å². The van der Waals surface area contributed by atoms with Gasteiger partial charge in [-0.25, -0.2) is 4.98 Å². The maximum Gasteiger partial charge on any atom is 0.308 e. The first-order valence-electron chi connectivity index (χ1n) is 7.22. The van der Waals surface area contributed by atoms with Gasteiger partial charge in [-0.15, -0.1) is 11.3 Å². The number of rotatable bonds is 4. The van der Waals surface area contributed by atoms with Gasteiger partial charge < -0.3 is 15.2 Å². The largest absolute Gasteiger partial charge is 0.481 e. The molecule has 0 aromatic carbocycles. The van der Waals surface area contributed by atoms with E-state index in [0.717, 1.165) is 17.8 Å². The van der Waals surface area contributed by atoms with Crippen molar-refractivity contribution in [3.63, 3.8) is 0 Å². The summed E-state index contributed by atoms with van der Waals surface area (Å²) >= 11 is 1.51. The van der Waals surface area contributed by atoms with Crippen molar-refractivity contribution in [2.75, 3.05) is 13.2 Å². The van der Waals surface area contributed by atoms with Crippen molar-refractivity contribution in [2.45, 2.75) is 37.6 Å². The molecule has 7 heteroatoms. The molecule has 21 heavy (non-hydrogen) atoms. The van der Waals surface area contributed by atoms with Crippen molar-refractivity contribution in [3.8, 4) is 0 Å². The van der Waals surface area contributed by atoms with Gasteiger partial charge in [0.15, 0.2) is 0 Å². The number of hydrogen-bond acceptors (Lipinski definition) is 5. The van der Waals surface area contributed by atoms with Gasteiger partial charge in [0.1, 0.15) is 5.69 Å². The Morgan fingerprint density at radius 3 is 2.76 bits per heavy atom. The monoisotopic (exact) mass is 310 g/mol. The van der Waals surface area contributed by atoms with Gasteiger partial charge in [0.2, 0.25) is 0 Å². The minimum Gasteiger partial charge on any atom is -0.481 e. The van der Waals surface area contributed by atoms with Crippen LogP contribution in [0.1, 0.15) is 47.1 Å². The summed E-state index contributed by atoms with van der Waals surface area (Å²) in [5.74, 6) is -1.24. The van der Waals surface area contributed by atoms with Gasteiger partial charge in [-0.2, -0.15) is 0 Å². The fraction of sp³-hybridized carbons (Fsp3) is 0.643. The quantitative estimate of drug-likeness (QED) is 0.882. The number of ether oxygens (including phenoxy) is 1. The van der Waals surface area contributed by atoms with E-state index in [2.05, 4.69) is 10.3 Å². The van der Waals surface area contributed by atoms with Crippen molar-refractivity contribution in [1.29, 1.82) is 0 Å². The number of aliphatic carboxylic acids is 1. The van der Waals surface area contributed by atoms with Gasteiger partial charge in [0.05, 0.1) is 10.9 Å². The first-order valence-corrected chi connectivity index (χ1v) is 8.10. The minimum absolute atomic E-state index is 0.281. The summed E-state index contributed by atoms with van der Waals surface area (Å²) in [6, 6.07) is -0.399. The summed E-state index contributed by atoms with van der Waals surface area (Å²) in [4.78, 5) is 27.9. The lowest BCUT2D eigenvalue weighted by atomic mass is 9.95. The Labute approximate surface area is 126 Å². The molecule has 0 radical (unpaired) electrons. The summed E-state index contributed by atoms with van der Waals surface area (Å²) < 4.78 is 5.31. The second-order valence-electron chi connectivity index (χ2n) is 5.56. The van der Waals surface area contributed by atoms with Gasteiger partial charge in [0, 0.05) is 30.6 Å². The van der Waals surface area contributed by atoms with Crippen LogP contribution >= 0.6 is 11.3 Å². The van der Waals surface area contributed by atoms with Gasteiger partial charge in [-0.1, -0.05) is 0 Å². The smallest absolute Gasteiger partial charge is 0.308 e. The van der Waals surface area contributed by atoms with Gasteiger partial charge >= 0.3 is 5.97 Å². The molecular weight excluding hydrogens is 292 g/mol. The fourth-order valence-electron chi connectivity index (χ4n) is 2.55. The van der Waals surface area contributed by atoms with E-state index in [0.29, 0.717) is 37.7 Å². The Morgan fingerprint density at radius 1 is 1.29 bits per heavy atom. The highest BCUT2D eigenvalue weighted by Gasteiger charge is 2.32. The van der Waals surface area contributed by atoms with Crippen LogP contribution in [0.4, 0.5) is 0 Å². The SMILES string of the molecule is O=C(N[C@@H]1CCOCC[C@H]1C(=O)O)c1csc(C2CC2)n1.